The zero-order valence-electron chi connectivity index (χ0n) is 18.2. The van der Waals surface area contributed by atoms with Crippen molar-refractivity contribution < 1.29 is 19.0 Å². The van der Waals surface area contributed by atoms with Crippen molar-refractivity contribution in [3.8, 4) is 5.75 Å². The summed E-state index contributed by atoms with van der Waals surface area (Å²) in [6, 6.07) is 7.61. The third kappa shape index (κ3) is 9.93. The molecule has 0 radical (unpaired) electrons. The maximum Gasteiger partial charge on any atom is 0.242 e. The molecule has 0 unspecified atom stereocenters. The molecule has 1 aromatic carbocycles. The van der Waals surface area contributed by atoms with Gasteiger partial charge in [-0.25, -0.2) is 4.99 Å². The van der Waals surface area contributed by atoms with E-state index >= 15 is 0 Å². The number of carbonyl (C=O) groups excluding carboxylic acids is 1. The number of benzene rings is 1. The average Bonchev–Trinajstić information content (AvgIpc) is 2.79. The Morgan fingerprint density at radius 2 is 1.93 bits per heavy atom. The molecule has 1 fully saturated rings. The fourth-order valence-electron chi connectivity index (χ4n) is 3.04. The first-order chi connectivity index (χ1) is 14.7. The molecule has 0 atom stereocenters. The highest BCUT2D eigenvalue weighted by atomic mass is 16.5. The van der Waals surface area contributed by atoms with Crippen LogP contribution in [0.4, 0.5) is 0 Å². The van der Waals surface area contributed by atoms with Crippen molar-refractivity contribution in [3.63, 3.8) is 0 Å². The van der Waals surface area contributed by atoms with Gasteiger partial charge in [0.05, 0.1) is 7.11 Å². The monoisotopic (exact) mass is 420 g/mol. The van der Waals surface area contributed by atoms with Crippen LogP contribution in [0.2, 0.25) is 0 Å². The summed E-state index contributed by atoms with van der Waals surface area (Å²) in [6.07, 6.45) is 3.07. The van der Waals surface area contributed by atoms with Crippen LogP contribution in [0, 0.1) is 5.92 Å². The number of guanidine groups is 1. The number of methoxy groups -OCH3 is 1. The first-order valence-corrected chi connectivity index (χ1v) is 10.8. The molecular weight excluding hydrogens is 384 g/mol. The normalized spacial score (nSPS) is 14.9. The average molecular weight is 421 g/mol. The van der Waals surface area contributed by atoms with E-state index in [0.717, 1.165) is 63.5 Å². The number of carbonyl (C=O) groups is 1. The van der Waals surface area contributed by atoms with Crippen molar-refractivity contribution in [2.24, 2.45) is 10.9 Å². The van der Waals surface area contributed by atoms with Gasteiger partial charge < -0.3 is 30.2 Å². The largest absolute Gasteiger partial charge is 0.497 e. The predicted molar refractivity (Wildman–Crippen MR) is 118 cm³/mol. The van der Waals surface area contributed by atoms with E-state index in [-0.39, 0.29) is 12.5 Å². The number of hydrogen-bond donors (Lipinski definition) is 3. The van der Waals surface area contributed by atoms with Crippen molar-refractivity contribution >= 4 is 11.9 Å². The standard InChI is InChI=1S/C22H36N4O4/c1-3-23-22(24-11-4-12-30-17-19-9-13-29-14-10-19)26-16-21(27)25-15-18-5-7-20(28-2)8-6-18/h5-8,19H,3-4,9-17H2,1-2H3,(H,25,27)(H2,23,24,26). The van der Waals surface area contributed by atoms with E-state index in [1.165, 1.54) is 0 Å². The molecule has 0 spiro atoms. The molecule has 168 valence electrons. The molecular formula is C22H36N4O4. The maximum atomic E-state index is 12.1. The first-order valence-electron chi connectivity index (χ1n) is 10.8. The van der Waals surface area contributed by atoms with E-state index < -0.39 is 0 Å². The minimum atomic E-state index is -0.122. The van der Waals surface area contributed by atoms with Crippen LogP contribution in [-0.2, 0) is 20.8 Å². The molecule has 2 rings (SSSR count). The van der Waals surface area contributed by atoms with E-state index in [0.29, 0.717) is 25.0 Å². The predicted octanol–water partition coefficient (Wildman–Crippen LogP) is 1.70. The molecule has 0 saturated carbocycles. The zero-order valence-corrected chi connectivity index (χ0v) is 18.2. The SMILES string of the molecule is CCNC(=NCC(=O)NCc1ccc(OC)cc1)NCCCOCC1CCOCC1. The van der Waals surface area contributed by atoms with Gasteiger partial charge in [-0.15, -0.1) is 0 Å². The number of nitrogens with one attached hydrogen (secondary N) is 3. The third-order valence-corrected chi connectivity index (χ3v) is 4.83. The fraction of sp³-hybridized carbons (Fsp3) is 0.636. The number of amides is 1. The maximum absolute atomic E-state index is 12.1. The zero-order chi connectivity index (χ0) is 21.4. The van der Waals surface area contributed by atoms with Crippen molar-refractivity contribution in [2.45, 2.75) is 32.7 Å². The number of aliphatic imine (C=N–C) groups is 1. The van der Waals surface area contributed by atoms with Gasteiger partial charge in [-0.05, 0) is 49.8 Å². The molecule has 1 aromatic rings. The Morgan fingerprint density at radius 1 is 1.17 bits per heavy atom. The van der Waals surface area contributed by atoms with Gasteiger partial charge in [0, 0.05) is 46.1 Å². The second kappa shape index (κ2) is 14.6. The molecule has 1 heterocycles. The van der Waals surface area contributed by atoms with Gasteiger partial charge in [0.25, 0.3) is 0 Å². The smallest absolute Gasteiger partial charge is 0.242 e. The lowest BCUT2D eigenvalue weighted by Gasteiger charge is -2.21. The third-order valence-electron chi connectivity index (χ3n) is 4.83. The van der Waals surface area contributed by atoms with Gasteiger partial charge >= 0.3 is 0 Å². The summed E-state index contributed by atoms with van der Waals surface area (Å²) < 4.78 is 16.3. The van der Waals surface area contributed by atoms with Gasteiger partial charge in [-0.1, -0.05) is 12.1 Å². The van der Waals surface area contributed by atoms with Crippen LogP contribution in [-0.4, -0.2) is 65.0 Å². The number of hydrogen-bond acceptors (Lipinski definition) is 5. The summed E-state index contributed by atoms with van der Waals surface area (Å²) in [5, 5.41) is 9.28. The molecule has 30 heavy (non-hydrogen) atoms. The second-order valence-corrected chi connectivity index (χ2v) is 7.23. The molecule has 1 saturated heterocycles. The molecule has 1 aliphatic rings. The summed E-state index contributed by atoms with van der Waals surface area (Å²) in [6.45, 7) is 7.25. The lowest BCUT2D eigenvalue weighted by atomic mass is 10.0. The van der Waals surface area contributed by atoms with Crippen molar-refractivity contribution in [3.05, 3.63) is 29.8 Å². The van der Waals surface area contributed by atoms with Crippen LogP contribution in [0.25, 0.3) is 0 Å². The summed E-state index contributed by atoms with van der Waals surface area (Å²) in [5.41, 5.74) is 1.01. The number of rotatable bonds is 12. The highest BCUT2D eigenvalue weighted by molar-refractivity contribution is 5.84. The summed E-state index contributed by atoms with van der Waals surface area (Å²) in [7, 11) is 1.63. The topological polar surface area (TPSA) is 93.2 Å². The molecule has 3 N–H and O–H groups in total. The van der Waals surface area contributed by atoms with Crippen LogP contribution in [0.1, 0.15) is 31.7 Å². The van der Waals surface area contributed by atoms with E-state index in [9.17, 15) is 4.79 Å². The van der Waals surface area contributed by atoms with Gasteiger partial charge in [0.2, 0.25) is 5.91 Å². The molecule has 8 heteroatoms. The minimum absolute atomic E-state index is 0.0751. The lowest BCUT2D eigenvalue weighted by Crippen LogP contribution is -2.39. The Balaban J connectivity index is 1.60. The molecule has 8 nitrogen and oxygen atoms in total. The van der Waals surface area contributed by atoms with E-state index in [1.807, 2.05) is 31.2 Å². The highest BCUT2D eigenvalue weighted by Crippen LogP contribution is 2.14. The van der Waals surface area contributed by atoms with Crippen LogP contribution in [0.3, 0.4) is 0 Å². The fourth-order valence-corrected chi connectivity index (χ4v) is 3.04. The molecule has 1 amide bonds. The minimum Gasteiger partial charge on any atom is -0.497 e. The van der Waals surface area contributed by atoms with Crippen LogP contribution < -0.4 is 20.7 Å². The van der Waals surface area contributed by atoms with E-state index in [1.54, 1.807) is 7.11 Å². The first kappa shape index (κ1) is 24.0. The van der Waals surface area contributed by atoms with Crippen LogP contribution in [0.5, 0.6) is 5.75 Å². The molecule has 1 aliphatic heterocycles. The summed E-state index contributed by atoms with van der Waals surface area (Å²) >= 11 is 0. The van der Waals surface area contributed by atoms with Crippen molar-refractivity contribution in [1.29, 1.82) is 0 Å². The molecule has 0 aliphatic carbocycles. The molecule has 0 bridgehead atoms. The van der Waals surface area contributed by atoms with Gasteiger partial charge in [-0.3, -0.25) is 4.79 Å². The van der Waals surface area contributed by atoms with Crippen LogP contribution >= 0.6 is 0 Å². The number of nitrogens with zero attached hydrogens (tertiary/aromatic N) is 1. The second-order valence-electron chi connectivity index (χ2n) is 7.23. The quantitative estimate of drug-likeness (QED) is 0.271. The summed E-state index contributed by atoms with van der Waals surface area (Å²) in [5.74, 6) is 1.94. The van der Waals surface area contributed by atoms with Crippen molar-refractivity contribution in [1.82, 2.24) is 16.0 Å². The Bertz CT molecular complexity index is 631. The highest BCUT2D eigenvalue weighted by Gasteiger charge is 2.13. The Morgan fingerprint density at radius 3 is 2.63 bits per heavy atom. The lowest BCUT2D eigenvalue weighted by molar-refractivity contribution is -0.119. The molecule has 0 aromatic heterocycles. The Labute approximate surface area is 179 Å². The van der Waals surface area contributed by atoms with Crippen molar-refractivity contribution in [2.75, 3.05) is 53.2 Å². The number of ether oxygens (including phenoxy) is 3. The Hall–Kier alpha value is -2.32. The van der Waals surface area contributed by atoms with Crippen LogP contribution in [0.15, 0.2) is 29.3 Å². The summed E-state index contributed by atoms with van der Waals surface area (Å²) in [4.78, 5) is 16.4. The Kier molecular flexibility index (Phi) is 11.7. The van der Waals surface area contributed by atoms with Gasteiger partial charge in [-0.2, -0.15) is 0 Å². The van der Waals surface area contributed by atoms with Gasteiger partial charge in [0.1, 0.15) is 12.3 Å². The van der Waals surface area contributed by atoms with E-state index in [2.05, 4.69) is 20.9 Å². The van der Waals surface area contributed by atoms with E-state index in [4.69, 9.17) is 14.2 Å². The van der Waals surface area contributed by atoms with Gasteiger partial charge in [0.15, 0.2) is 5.96 Å².